The molecule has 0 heterocycles. The number of primary sulfonamides is 1. The number of nitrogens with two attached hydrogens (primary N) is 3. The number of carbonyl (C=O) groups excluding carboxylic acids is 1. The van der Waals surface area contributed by atoms with Gasteiger partial charge in [-0.3, -0.25) is 4.79 Å². The van der Waals surface area contributed by atoms with Gasteiger partial charge in [-0.2, -0.15) is 0 Å². The second-order valence-corrected chi connectivity index (χ2v) is 7.01. The molecule has 2 rings (SSSR count). The molecule has 7 N–H and O–H groups in total. The number of anilines is 2. The molecule has 0 radical (unpaired) electrons. The Kier molecular flexibility index (Phi) is 5.79. The molecule has 132 valence electrons. The Morgan fingerprint density at radius 2 is 1.76 bits per heavy atom. The van der Waals surface area contributed by atoms with E-state index in [1.807, 2.05) is 0 Å². The van der Waals surface area contributed by atoms with E-state index < -0.39 is 10.0 Å². The maximum absolute atomic E-state index is 11.8. The van der Waals surface area contributed by atoms with Crippen LogP contribution in [0.3, 0.4) is 0 Å². The smallest absolute Gasteiger partial charge is 0.244 e. The molecular weight excluding hydrogens is 340 g/mol. The van der Waals surface area contributed by atoms with Crippen molar-refractivity contribution < 1.29 is 13.2 Å². The van der Waals surface area contributed by atoms with Crippen LogP contribution in [0.25, 0.3) is 6.08 Å². The van der Waals surface area contributed by atoms with Gasteiger partial charge in [0.15, 0.2) is 0 Å². The zero-order chi connectivity index (χ0) is 18.4. The summed E-state index contributed by atoms with van der Waals surface area (Å²) in [5.74, 6) is -0.261. The summed E-state index contributed by atoms with van der Waals surface area (Å²) in [5, 5.41) is 7.78. The summed E-state index contributed by atoms with van der Waals surface area (Å²) in [4.78, 5) is 11.9. The molecule has 0 aliphatic carbocycles. The van der Waals surface area contributed by atoms with Crippen LogP contribution in [0.1, 0.15) is 11.1 Å². The lowest BCUT2D eigenvalue weighted by atomic mass is 10.1. The number of nitrogens with one attached hydrogen (secondary N) is 1. The summed E-state index contributed by atoms with van der Waals surface area (Å²) >= 11 is 0. The molecule has 0 aromatic heterocycles. The minimum absolute atomic E-state index is 0.0583. The van der Waals surface area contributed by atoms with E-state index in [4.69, 9.17) is 16.6 Å². The third-order valence-electron chi connectivity index (χ3n) is 3.49. The monoisotopic (exact) mass is 360 g/mol. The number of benzene rings is 2. The molecule has 0 aliphatic rings. The van der Waals surface area contributed by atoms with Crippen LogP contribution in [0.15, 0.2) is 53.4 Å². The van der Waals surface area contributed by atoms with E-state index in [9.17, 15) is 13.2 Å². The highest BCUT2D eigenvalue weighted by Gasteiger charge is 2.06. The highest BCUT2D eigenvalue weighted by molar-refractivity contribution is 7.89. The Hall–Kier alpha value is -2.84. The van der Waals surface area contributed by atoms with Gasteiger partial charge in [0.25, 0.3) is 0 Å². The van der Waals surface area contributed by atoms with E-state index in [1.54, 1.807) is 36.4 Å². The number of sulfonamides is 1. The van der Waals surface area contributed by atoms with Crippen molar-refractivity contribution in [3.63, 3.8) is 0 Å². The molecule has 1 amide bonds. The van der Waals surface area contributed by atoms with E-state index in [2.05, 4.69) is 5.32 Å². The summed E-state index contributed by atoms with van der Waals surface area (Å²) < 4.78 is 22.4. The predicted octanol–water partition coefficient (Wildman–Crippen LogP) is 0.871. The number of carbonyl (C=O) groups is 1. The van der Waals surface area contributed by atoms with Gasteiger partial charge in [-0.25, -0.2) is 13.6 Å². The van der Waals surface area contributed by atoms with Crippen LogP contribution < -0.4 is 21.9 Å². The van der Waals surface area contributed by atoms with Gasteiger partial charge in [0.1, 0.15) is 0 Å². The first kappa shape index (κ1) is 18.5. The minimum Gasteiger partial charge on any atom is -0.399 e. The van der Waals surface area contributed by atoms with Crippen molar-refractivity contribution in [3.05, 3.63) is 59.7 Å². The first-order valence-electron chi connectivity index (χ1n) is 7.48. The Balaban J connectivity index is 1.86. The predicted molar refractivity (Wildman–Crippen MR) is 98.8 cm³/mol. The number of nitrogen functional groups attached to an aromatic ring is 2. The fraction of sp³-hybridized carbons (Fsp3) is 0.118. The maximum Gasteiger partial charge on any atom is 0.244 e. The number of rotatable bonds is 6. The molecule has 8 heteroatoms. The molecule has 0 spiro atoms. The molecular formula is C17H20N4O3S. The first-order chi connectivity index (χ1) is 11.8. The normalized spacial score (nSPS) is 11.6. The van der Waals surface area contributed by atoms with Crippen molar-refractivity contribution in [2.45, 2.75) is 11.3 Å². The Morgan fingerprint density at radius 1 is 1.08 bits per heavy atom. The van der Waals surface area contributed by atoms with Gasteiger partial charge in [-0.05, 0) is 54.0 Å². The second kappa shape index (κ2) is 7.82. The van der Waals surface area contributed by atoms with Gasteiger partial charge in [-0.1, -0.05) is 12.1 Å². The molecule has 0 atom stereocenters. The minimum atomic E-state index is -3.69. The molecule has 2 aromatic carbocycles. The SMILES string of the molecule is Nc1ccc(N)c(/C=C/C(=O)NCCc2ccc(S(N)(=O)=O)cc2)c1. The highest BCUT2D eigenvalue weighted by Crippen LogP contribution is 2.16. The second-order valence-electron chi connectivity index (χ2n) is 5.45. The van der Waals surface area contributed by atoms with Crippen LogP contribution in [0.2, 0.25) is 0 Å². The van der Waals surface area contributed by atoms with E-state index in [0.717, 1.165) is 5.56 Å². The molecule has 0 saturated carbocycles. The molecule has 7 nitrogen and oxygen atoms in total. The summed E-state index contributed by atoms with van der Waals surface area (Å²) in [6.07, 6.45) is 3.54. The summed E-state index contributed by atoms with van der Waals surface area (Å²) in [5.41, 5.74) is 14.1. The van der Waals surface area contributed by atoms with Gasteiger partial charge in [-0.15, -0.1) is 0 Å². The molecule has 0 fully saturated rings. The zero-order valence-corrected chi connectivity index (χ0v) is 14.3. The van der Waals surface area contributed by atoms with E-state index in [-0.39, 0.29) is 10.8 Å². The van der Waals surface area contributed by atoms with Crippen molar-refractivity contribution in [2.75, 3.05) is 18.0 Å². The van der Waals surface area contributed by atoms with Crippen LogP contribution in [0.5, 0.6) is 0 Å². The average Bonchev–Trinajstić information content (AvgIpc) is 2.55. The zero-order valence-electron chi connectivity index (χ0n) is 13.5. The molecule has 25 heavy (non-hydrogen) atoms. The topological polar surface area (TPSA) is 141 Å². The van der Waals surface area contributed by atoms with Gasteiger partial charge in [0.05, 0.1) is 4.90 Å². The molecule has 0 bridgehead atoms. The van der Waals surface area contributed by atoms with Crippen LogP contribution in [0.4, 0.5) is 11.4 Å². The Labute approximate surface area is 146 Å². The lowest BCUT2D eigenvalue weighted by Gasteiger charge is -2.05. The van der Waals surface area contributed by atoms with Gasteiger partial charge in [0, 0.05) is 24.0 Å². The first-order valence-corrected chi connectivity index (χ1v) is 9.03. The number of hydrogen-bond acceptors (Lipinski definition) is 5. The van der Waals surface area contributed by atoms with Crippen molar-refractivity contribution in [2.24, 2.45) is 5.14 Å². The van der Waals surface area contributed by atoms with E-state index >= 15 is 0 Å². The van der Waals surface area contributed by atoms with Crippen molar-refractivity contribution in [1.29, 1.82) is 0 Å². The van der Waals surface area contributed by atoms with Crippen LogP contribution in [-0.2, 0) is 21.2 Å². The van der Waals surface area contributed by atoms with E-state index in [0.29, 0.717) is 29.9 Å². The maximum atomic E-state index is 11.8. The lowest BCUT2D eigenvalue weighted by molar-refractivity contribution is -0.116. The van der Waals surface area contributed by atoms with Crippen molar-refractivity contribution in [3.8, 4) is 0 Å². The van der Waals surface area contributed by atoms with Crippen LogP contribution in [0, 0.1) is 0 Å². The molecule has 0 unspecified atom stereocenters. The fourth-order valence-electron chi connectivity index (χ4n) is 2.14. The number of amides is 1. The van der Waals surface area contributed by atoms with Gasteiger partial charge < -0.3 is 16.8 Å². The van der Waals surface area contributed by atoms with E-state index in [1.165, 1.54) is 18.2 Å². The lowest BCUT2D eigenvalue weighted by Crippen LogP contribution is -2.23. The standard InChI is InChI=1S/C17H20N4O3S/c18-14-4-7-16(19)13(11-14)3-8-17(22)21-10-9-12-1-5-15(6-2-12)25(20,23)24/h1-8,11H,9-10,18-19H2,(H,21,22)(H2,20,23,24)/b8-3+. The largest absolute Gasteiger partial charge is 0.399 e. The Morgan fingerprint density at radius 3 is 2.40 bits per heavy atom. The number of hydrogen-bond donors (Lipinski definition) is 4. The average molecular weight is 360 g/mol. The quantitative estimate of drug-likeness (QED) is 0.447. The van der Waals surface area contributed by atoms with Crippen LogP contribution >= 0.6 is 0 Å². The summed E-state index contributed by atoms with van der Waals surface area (Å²) in [7, 11) is -3.69. The molecule has 0 aliphatic heterocycles. The van der Waals surface area contributed by atoms with Crippen LogP contribution in [-0.4, -0.2) is 20.9 Å². The fourth-order valence-corrected chi connectivity index (χ4v) is 2.65. The summed E-state index contributed by atoms with van der Waals surface area (Å²) in [6, 6.07) is 11.3. The molecule has 0 saturated heterocycles. The third-order valence-corrected chi connectivity index (χ3v) is 4.42. The van der Waals surface area contributed by atoms with Crippen molar-refractivity contribution >= 4 is 33.4 Å². The summed E-state index contributed by atoms with van der Waals surface area (Å²) in [6.45, 7) is 0.407. The molecule has 2 aromatic rings. The van der Waals surface area contributed by atoms with Crippen molar-refractivity contribution in [1.82, 2.24) is 5.32 Å². The Bertz CT molecular complexity index is 891. The highest BCUT2D eigenvalue weighted by atomic mass is 32.2. The third kappa shape index (κ3) is 5.63. The van der Waals surface area contributed by atoms with Gasteiger partial charge >= 0.3 is 0 Å². The van der Waals surface area contributed by atoms with Gasteiger partial charge in [0.2, 0.25) is 15.9 Å².